The predicted octanol–water partition coefficient (Wildman–Crippen LogP) is 4.22. The van der Waals surface area contributed by atoms with Gasteiger partial charge in [0.1, 0.15) is 17.7 Å². The lowest BCUT2D eigenvalue weighted by molar-refractivity contribution is -0.159. The molecule has 3 amide bonds. The molecule has 45 heavy (non-hydrogen) atoms. The fourth-order valence-electron chi connectivity index (χ4n) is 6.14. The van der Waals surface area contributed by atoms with Gasteiger partial charge < -0.3 is 25.5 Å². The van der Waals surface area contributed by atoms with Crippen LogP contribution in [0.3, 0.4) is 0 Å². The maximum atomic E-state index is 14.1. The first-order valence-corrected chi connectivity index (χ1v) is 16.5. The van der Waals surface area contributed by atoms with E-state index in [1.54, 1.807) is 0 Å². The average molecular weight is 627 g/mol. The van der Waals surface area contributed by atoms with Gasteiger partial charge in [-0.15, -0.1) is 0 Å². The van der Waals surface area contributed by atoms with E-state index in [0.717, 1.165) is 50.2 Å². The summed E-state index contributed by atoms with van der Waals surface area (Å²) >= 11 is 0. The van der Waals surface area contributed by atoms with E-state index in [1.807, 2.05) is 19.9 Å². The Bertz CT molecular complexity index is 1310. The smallest absolute Gasteiger partial charge is 0.312 e. The number of benzene rings is 2. The number of carbonyl (C=O) groups is 3. The molecule has 0 aromatic heterocycles. The Balaban J connectivity index is 1.53. The number of piperazine rings is 1. The SMILES string of the molecule is CCCCC(C(=O)NC(Cc1cc(F)cc(F)c1)C(O)CNC1(c2cccc(CC)c2)CC1)N1CCN(CCCC)C(=O)C1=O. The van der Waals surface area contributed by atoms with Gasteiger partial charge in [0.05, 0.1) is 12.1 Å². The molecular formula is C35H48F2N4O4. The Hall–Kier alpha value is -3.37. The molecule has 1 aliphatic heterocycles. The van der Waals surface area contributed by atoms with Gasteiger partial charge in [0, 0.05) is 37.8 Å². The molecule has 8 nitrogen and oxygen atoms in total. The van der Waals surface area contributed by atoms with E-state index in [4.69, 9.17) is 0 Å². The van der Waals surface area contributed by atoms with E-state index in [-0.39, 0.29) is 30.6 Å². The third kappa shape index (κ3) is 8.88. The molecule has 3 unspecified atom stereocenters. The number of hydrogen-bond acceptors (Lipinski definition) is 5. The van der Waals surface area contributed by atoms with Crippen molar-refractivity contribution < 1.29 is 28.3 Å². The van der Waals surface area contributed by atoms with E-state index < -0.39 is 47.5 Å². The summed E-state index contributed by atoms with van der Waals surface area (Å²) in [6.45, 7) is 7.30. The number of nitrogens with zero attached hydrogens (tertiary/aromatic N) is 2. The van der Waals surface area contributed by atoms with Crippen LogP contribution < -0.4 is 10.6 Å². The zero-order chi connectivity index (χ0) is 32.6. The summed E-state index contributed by atoms with van der Waals surface area (Å²) in [7, 11) is 0. The number of carbonyl (C=O) groups excluding carboxylic acids is 3. The van der Waals surface area contributed by atoms with Gasteiger partial charge in [-0.25, -0.2) is 8.78 Å². The first kappa shape index (κ1) is 34.5. The molecule has 2 aliphatic rings. The van der Waals surface area contributed by atoms with Gasteiger partial charge in [-0.2, -0.15) is 0 Å². The Kier molecular flexibility index (Phi) is 12.1. The van der Waals surface area contributed by atoms with Crippen LogP contribution in [-0.4, -0.2) is 77.0 Å². The van der Waals surface area contributed by atoms with Crippen LogP contribution in [0.2, 0.25) is 0 Å². The van der Waals surface area contributed by atoms with Gasteiger partial charge in [-0.05, 0) is 67.3 Å². The molecule has 0 spiro atoms. The van der Waals surface area contributed by atoms with Gasteiger partial charge in [0.25, 0.3) is 0 Å². The van der Waals surface area contributed by atoms with Crippen molar-refractivity contribution in [3.8, 4) is 0 Å². The number of aliphatic hydroxyl groups is 1. The minimum absolute atomic E-state index is 0.0280. The zero-order valence-electron chi connectivity index (χ0n) is 26.8. The molecule has 4 rings (SSSR count). The molecular weight excluding hydrogens is 578 g/mol. The molecule has 10 heteroatoms. The van der Waals surface area contributed by atoms with Gasteiger partial charge in [0.2, 0.25) is 5.91 Å². The highest BCUT2D eigenvalue weighted by molar-refractivity contribution is 6.35. The monoisotopic (exact) mass is 626 g/mol. The summed E-state index contributed by atoms with van der Waals surface area (Å²) in [6, 6.07) is 9.67. The van der Waals surface area contributed by atoms with Crippen LogP contribution >= 0.6 is 0 Å². The minimum atomic E-state index is -1.11. The maximum Gasteiger partial charge on any atom is 0.312 e. The predicted molar refractivity (Wildman–Crippen MR) is 169 cm³/mol. The van der Waals surface area contributed by atoms with E-state index in [0.29, 0.717) is 25.9 Å². The maximum absolute atomic E-state index is 14.1. The van der Waals surface area contributed by atoms with Crippen molar-refractivity contribution in [2.24, 2.45) is 0 Å². The highest BCUT2D eigenvalue weighted by Crippen LogP contribution is 2.45. The van der Waals surface area contributed by atoms with Gasteiger partial charge in [0.15, 0.2) is 0 Å². The second kappa shape index (κ2) is 15.8. The molecule has 3 atom stereocenters. The van der Waals surface area contributed by atoms with Crippen molar-refractivity contribution >= 4 is 17.7 Å². The number of hydrogen-bond donors (Lipinski definition) is 3. The highest BCUT2D eigenvalue weighted by atomic mass is 19.1. The molecule has 2 aromatic carbocycles. The number of rotatable bonds is 17. The van der Waals surface area contributed by atoms with Crippen LogP contribution in [0.5, 0.6) is 0 Å². The van der Waals surface area contributed by atoms with Crippen molar-refractivity contribution in [1.82, 2.24) is 20.4 Å². The lowest BCUT2D eigenvalue weighted by Gasteiger charge is -2.38. The molecule has 0 radical (unpaired) electrons. The molecule has 246 valence electrons. The van der Waals surface area contributed by atoms with Crippen LogP contribution in [0.25, 0.3) is 0 Å². The van der Waals surface area contributed by atoms with Crippen LogP contribution in [0.15, 0.2) is 42.5 Å². The zero-order valence-corrected chi connectivity index (χ0v) is 26.8. The topological polar surface area (TPSA) is 102 Å². The van der Waals surface area contributed by atoms with Gasteiger partial charge in [-0.3, -0.25) is 14.4 Å². The Morgan fingerprint density at radius 2 is 1.67 bits per heavy atom. The van der Waals surface area contributed by atoms with E-state index >= 15 is 0 Å². The lowest BCUT2D eigenvalue weighted by Crippen LogP contribution is -2.62. The third-order valence-electron chi connectivity index (χ3n) is 9.09. The van der Waals surface area contributed by atoms with E-state index in [9.17, 15) is 28.3 Å². The van der Waals surface area contributed by atoms with Crippen molar-refractivity contribution in [2.45, 2.75) is 102 Å². The lowest BCUT2D eigenvalue weighted by atomic mass is 9.97. The van der Waals surface area contributed by atoms with E-state index in [1.165, 1.54) is 27.5 Å². The fraction of sp³-hybridized carbons (Fsp3) is 0.571. The minimum Gasteiger partial charge on any atom is -0.390 e. The third-order valence-corrected chi connectivity index (χ3v) is 9.09. The number of halogens is 2. The molecule has 2 aromatic rings. The Morgan fingerprint density at radius 1 is 0.956 bits per heavy atom. The van der Waals surface area contributed by atoms with Crippen LogP contribution in [0.1, 0.15) is 82.4 Å². The quantitative estimate of drug-likeness (QED) is 0.228. The van der Waals surface area contributed by atoms with E-state index in [2.05, 4.69) is 35.8 Å². The first-order valence-electron chi connectivity index (χ1n) is 16.5. The summed E-state index contributed by atoms with van der Waals surface area (Å²) in [5, 5.41) is 17.9. The molecule has 3 N–H and O–H groups in total. The Morgan fingerprint density at radius 3 is 2.31 bits per heavy atom. The van der Waals surface area contributed by atoms with Crippen LogP contribution in [0.4, 0.5) is 8.78 Å². The highest BCUT2D eigenvalue weighted by Gasteiger charge is 2.45. The standard InChI is InChI=1S/C35H48F2N4O4/c1-4-7-12-30(41-17-16-40(15-8-5-2)33(44)34(41)45)32(43)39-29(21-25-19-27(36)22-28(37)20-25)31(42)23-38-35(13-14-35)26-11-9-10-24(6-3)18-26/h9-11,18-20,22,29-31,38,42H,4-8,12-17,21,23H2,1-3H3,(H,39,43). The molecule has 0 bridgehead atoms. The van der Waals surface area contributed by atoms with Gasteiger partial charge >= 0.3 is 11.8 Å². The average Bonchev–Trinajstić information content (AvgIpc) is 3.82. The second-order valence-corrected chi connectivity index (χ2v) is 12.5. The van der Waals surface area contributed by atoms with Gasteiger partial charge in [-0.1, -0.05) is 64.3 Å². The largest absolute Gasteiger partial charge is 0.390 e. The summed E-state index contributed by atoms with van der Waals surface area (Å²) in [4.78, 5) is 42.9. The summed E-state index contributed by atoms with van der Waals surface area (Å²) in [5.74, 6) is -3.31. The molecule has 1 heterocycles. The number of unbranched alkanes of at least 4 members (excludes halogenated alkanes) is 2. The summed E-state index contributed by atoms with van der Waals surface area (Å²) in [6.07, 6.45) is 5.04. The normalized spacial score (nSPS) is 18.1. The van der Waals surface area contributed by atoms with Crippen LogP contribution in [-0.2, 0) is 32.8 Å². The molecule has 1 saturated heterocycles. The first-order chi connectivity index (χ1) is 21.6. The fourth-order valence-corrected chi connectivity index (χ4v) is 6.14. The number of amides is 3. The van der Waals surface area contributed by atoms with Crippen molar-refractivity contribution in [3.05, 3.63) is 70.8 Å². The summed E-state index contributed by atoms with van der Waals surface area (Å²) in [5.41, 5.74) is 2.37. The molecule has 2 fully saturated rings. The number of nitrogens with one attached hydrogen (secondary N) is 2. The molecule has 1 saturated carbocycles. The second-order valence-electron chi connectivity index (χ2n) is 12.5. The van der Waals surface area contributed by atoms with Crippen molar-refractivity contribution in [2.75, 3.05) is 26.2 Å². The van der Waals surface area contributed by atoms with Crippen molar-refractivity contribution in [3.63, 3.8) is 0 Å². The van der Waals surface area contributed by atoms with Crippen molar-refractivity contribution in [1.29, 1.82) is 0 Å². The number of aliphatic hydroxyl groups excluding tert-OH is 1. The summed E-state index contributed by atoms with van der Waals surface area (Å²) < 4.78 is 28.2. The Labute approximate surface area is 265 Å². The molecule has 1 aliphatic carbocycles. The van der Waals surface area contributed by atoms with Crippen LogP contribution in [0, 0.1) is 11.6 Å². The number of aryl methyl sites for hydroxylation is 1.